The summed E-state index contributed by atoms with van der Waals surface area (Å²) >= 11 is 2.12. The van der Waals surface area contributed by atoms with Gasteiger partial charge in [0.25, 0.3) is 5.91 Å². The number of likely N-dealkylation sites (tertiary alicyclic amines) is 1. The lowest BCUT2D eigenvalue weighted by Crippen LogP contribution is -2.27. The summed E-state index contributed by atoms with van der Waals surface area (Å²) in [5.74, 6) is 0.0480. The van der Waals surface area contributed by atoms with Gasteiger partial charge in [0.2, 0.25) is 0 Å². The van der Waals surface area contributed by atoms with Crippen molar-refractivity contribution in [2.45, 2.75) is 19.8 Å². The third-order valence-corrected chi connectivity index (χ3v) is 3.93. The van der Waals surface area contributed by atoms with Gasteiger partial charge in [0.1, 0.15) is 0 Å². The fourth-order valence-electron chi connectivity index (χ4n) is 2.03. The molecule has 0 unspecified atom stereocenters. The minimum atomic E-state index is 0.00507. The fourth-order valence-corrected chi connectivity index (χ4v) is 2.75. The van der Waals surface area contributed by atoms with Crippen LogP contribution >= 0.6 is 22.6 Å². The zero-order valence-corrected chi connectivity index (χ0v) is 11.9. The lowest BCUT2D eigenvalue weighted by molar-refractivity contribution is 0.0793. The van der Waals surface area contributed by atoms with Crippen molar-refractivity contribution in [2.24, 2.45) is 0 Å². The van der Waals surface area contributed by atoms with E-state index >= 15 is 0 Å². The Morgan fingerprint density at radius 3 is 2.47 bits per heavy atom. The van der Waals surface area contributed by atoms with E-state index in [1.54, 1.807) is 12.1 Å². The first-order chi connectivity index (χ1) is 8.09. The number of rotatable bonds is 2. The molecule has 0 saturated carbocycles. The normalized spacial score (nSPS) is 15.1. The first-order valence-electron chi connectivity index (χ1n) is 5.69. The second-order valence-corrected chi connectivity index (χ2v) is 5.41. The number of amides is 1. The van der Waals surface area contributed by atoms with Crippen LogP contribution in [0.3, 0.4) is 0 Å². The zero-order chi connectivity index (χ0) is 12.4. The predicted molar refractivity (Wildman–Crippen MR) is 74.3 cm³/mol. The minimum absolute atomic E-state index is 0.00507. The Balaban J connectivity index is 2.29. The van der Waals surface area contributed by atoms with E-state index in [1.165, 1.54) is 6.92 Å². The highest BCUT2D eigenvalue weighted by atomic mass is 127. The van der Waals surface area contributed by atoms with Crippen molar-refractivity contribution in [3.63, 3.8) is 0 Å². The number of ketones is 1. The maximum Gasteiger partial charge on any atom is 0.253 e. The molecular formula is C13H14INO2. The van der Waals surface area contributed by atoms with Crippen molar-refractivity contribution >= 4 is 34.3 Å². The summed E-state index contributed by atoms with van der Waals surface area (Å²) in [5, 5.41) is 0. The van der Waals surface area contributed by atoms with Crippen molar-refractivity contribution < 1.29 is 9.59 Å². The Bertz CT molecular complexity index is 464. The number of halogens is 1. The summed E-state index contributed by atoms with van der Waals surface area (Å²) in [4.78, 5) is 25.4. The Labute approximate surface area is 114 Å². The number of carbonyl (C=O) groups excluding carboxylic acids is 2. The van der Waals surface area contributed by atoms with Crippen LogP contribution in [0.15, 0.2) is 18.2 Å². The van der Waals surface area contributed by atoms with Crippen LogP contribution < -0.4 is 0 Å². The van der Waals surface area contributed by atoms with E-state index in [2.05, 4.69) is 22.6 Å². The fraction of sp³-hybridized carbons (Fsp3) is 0.385. The minimum Gasteiger partial charge on any atom is -0.339 e. The molecular weight excluding hydrogens is 329 g/mol. The van der Waals surface area contributed by atoms with Gasteiger partial charge >= 0.3 is 0 Å². The molecule has 1 heterocycles. The van der Waals surface area contributed by atoms with E-state index in [9.17, 15) is 9.59 Å². The van der Waals surface area contributed by atoms with Crippen LogP contribution in [0.25, 0.3) is 0 Å². The molecule has 0 N–H and O–H groups in total. The highest BCUT2D eigenvalue weighted by molar-refractivity contribution is 14.1. The third kappa shape index (κ3) is 2.68. The standard InChI is InChI=1S/C13H14INO2/c1-9(16)11-8-10(4-5-12(11)14)13(17)15-6-2-3-7-15/h4-5,8H,2-3,6-7H2,1H3. The Morgan fingerprint density at radius 2 is 1.88 bits per heavy atom. The van der Waals surface area contributed by atoms with Crippen LogP contribution in [-0.2, 0) is 0 Å². The third-order valence-electron chi connectivity index (χ3n) is 2.99. The van der Waals surface area contributed by atoms with Crippen molar-refractivity contribution in [2.75, 3.05) is 13.1 Å². The van der Waals surface area contributed by atoms with E-state index in [1.807, 2.05) is 11.0 Å². The van der Waals surface area contributed by atoms with Crippen molar-refractivity contribution in [3.05, 3.63) is 32.9 Å². The monoisotopic (exact) mass is 343 g/mol. The van der Waals surface area contributed by atoms with Gasteiger partial charge in [-0.2, -0.15) is 0 Å². The van der Waals surface area contributed by atoms with E-state index in [0.717, 1.165) is 29.5 Å². The van der Waals surface area contributed by atoms with Gasteiger partial charge in [-0.05, 0) is 60.6 Å². The molecule has 1 aromatic carbocycles. The summed E-state index contributed by atoms with van der Waals surface area (Å²) in [6.45, 7) is 3.20. The van der Waals surface area contributed by atoms with Gasteiger partial charge in [0.15, 0.2) is 5.78 Å². The Hall–Kier alpha value is -0.910. The number of benzene rings is 1. The summed E-state index contributed by atoms with van der Waals surface area (Å²) in [5.41, 5.74) is 1.26. The Morgan fingerprint density at radius 1 is 1.24 bits per heavy atom. The second kappa shape index (κ2) is 5.16. The number of nitrogens with zero attached hydrogens (tertiary/aromatic N) is 1. The van der Waals surface area contributed by atoms with Crippen molar-refractivity contribution in [1.29, 1.82) is 0 Å². The predicted octanol–water partition coefficient (Wildman–Crippen LogP) is 2.73. The smallest absolute Gasteiger partial charge is 0.253 e. The molecule has 0 bridgehead atoms. The molecule has 17 heavy (non-hydrogen) atoms. The van der Waals surface area contributed by atoms with Crippen molar-refractivity contribution in [3.8, 4) is 0 Å². The number of Topliss-reactive ketones (excluding diaryl/α,β-unsaturated/α-hetero) is 1. The molecule has 0 atom stereocenters. The van der Waals surface area contributed by atoms with Crippen LogP contribution in [0.5, 0.6) is 0 Å². The summed E-state index contributed by atoms with van der Waals surface area (Å²) in [7, 11) is 0. The molecule has 1 amide bonds. The number of hydrogen-bond donors (Lipinski definition) is 0. The maximum atomic E-state index is 12.1. The molecule has 1 saturated heterocycles. The maximum absolute atomic E-state index is 12.1. The van der Waals surface area contributed by atoms with E-state index in [4.69, 9.17) is 0 Å². The zero-order valence-electron chi connectivity index (χ0n) is 9.70. The SMILES string of the molecule is CC(=O)c1cc(C(=O)N2CCCC2)ccc1I. The lowest BCUT2D eigenvalue weighted by atomic mass is 10.1. The second-order valence-electron chi connectivity index (χ2n) is 4.25. The van der Waals surface area contributed by atoms with Crippen molar-refractivity contribution in [1.82, 2.24) is 4.90 Å². The highest BCUT2D eigenvalue weighted by Crippen LogP contribution is 2.18. The van der Waals surface area contributed by atoms with Gasteiger partial charge in [-0.1, -0.05) is 0 Å². The van der Waals surface area contributed by atoms with Gasteiger partial charge in [-0.15, -0.1) is 0 Å². The van der Waals surface area contributed by atoms with Crippen LogP contribution in [0.4, 0.5) is 0 Å². The van der Waals surface area contributed by atoms with Crippen LogP contribution in [0, 0.1) is 3.57 Å². The summed E-state index contributed by atoms with van der Waals surface area (Å²) < 4.78 is 0.896. The van der Waals surface area contributed by atoms with E-state index < -0.39 is 0 Å². The Kier molecular flexibility index (Phi) is 3.81. The molecule has 0 radical (unpaired) electrons. The van der Waals surface area contributed by atoms with Crippen LogP contribution in [-0.4, -0.2) is 29.7 Å². The highest BCUT2D eigenvalue weighted by Gasteiger charge is 2.20. The van der Waals surface area contributed by atoms with E-state index in [0.29, 0.717) is 11.1 Å². The molecule has 90 valence electrons. The van der Waals surface area contributed by atoms with Crippen LogP contribution in [0.2, 0.25) is 0 Å². The van der Waals surface area contributed by atoms with E-state index in [-0.39, 0.29) is 11.7 Å². The molecule has 1 aliphatic heterocycles. The average Bonchev–Trinajstić information content (AvgIpc) is 2.81. The molecule has 0 spiro atoms. The average molecular weight is 343 g/mol. The van der Waals surface area contributed by atoms with Gasteiger partial charge in [-0.25, -0.2) is 0 Å². The molecule has 1 aliphatic rings. The topological polar surface area (TPSA) is 37.4 Å². The van der Waals surface area contributed by atoms with Gasteiger partial charge < -0.3 is 4.90 Å². The van der Waals surface area contributed by atoms with Crippen LogP contribution in [0.1, 0.15) is 40.5 Å². The molecule has 1 fully saturated rings. The van der Waals surface area contributed by atoms with Gasteiger partial charge in [0, 0.05) is 27.8 Å². The first-order valence-corrected chi connectivity index (χ1v) is 6.77. The largest absolute Gasteiger partial charge is 0.339 e. The molecule has 2 rings (SSSR count). The van der Waals surface area contributed by atoms with Gasteiger partial charge in [-0.3, -0.25) is 9.59 Å². The summed E-state index contributed by atoms with van der Waals surface area (Å²) in [6, 6.07) is 5.35. The molecule has 4 heteroatoms. The quantitative estimate of drug-likeness (QED) is 0.612. The summed E-state index contributed by atoms with van der Waals surface area (Å²) in [6.07, 6.45) is 2.16. The van der Waals surface area contributed by atoms with Gasteiger partial charge in [0.05, 0.1) is 0 Å². The lowest BCUT2D eigenvalue weighted by Gasteiger charge is -2.15. The molecule has 3 nitrogen and oxygen atoms in total. The molecule has 1 aromatic rings. The number of hydrogen-bond acceptors (Lipinski definition) is 2. The number of carbonyl (C=O) groups is 2. The molecule has 0 aromatic heterocycles. The first kappa shape index (κ1) is 12.5. The molecule has 0 aliphatic carbocycles.